The largest absolute Gasteiger partial charge is 0.484 e. The number of piperidine rings is 1. The van der Waals surface area contributed by atoms with Crippen molar-refractivity contribution in [2.45, 2.75) is 39.0 Å². The summed E-state index contributed by atoms with van der Waals surface area (Å²) < 4.78 is 11.0. The number of amides is 1. The van der Waals surface area contributed by atoms with Crippen molar-refractivity contribution in [3.63, 3.8) is 0 Å². The molecule has 1 aliphatic rings. The molecule has 1 aromatic rings. The Hall–Kier alpha value is -1.30. The minimum Gasteiger partial charge on any atom is -0.484 e. The molecule has 2 rings (SSSR count). The zero-order valence-corrected chi connectivity index (χ0v) is 17.2. The van der Waals surface area contributed by atoms with Crippen molar-refractivity contribution in [3.05, 3.63) is 29.8 Å². The third-order valence-electron chi connectivity index (χ3n) is 4.87. The van der Waals surface area contributed by atoms with E-state index in [-0.39, 0.29) is 35.8 Å². The van der Waals surface area contributed by atoms with Crippen LogP contribution in [0.2, 0.25) is 0 Å². The molecule has 2 N–H and O–H groups in total. The van der Waals surface area contributed by atoms with Gasteiger partial charge in [0, 0.05) is 19.1 Å². The van der Waals surface area contributed by atoms with Gasteiger partial charge in [-0.2, -0.15) is 0 Å². The lowest BCUT2D eigenvalue weighted by Crippen LogP contribution is -2.47. The molecule has 0 radical (unpaired) electrons. The molecule has 0 unspecified atom stereocenters. The van der Waals surface area contributed by atoms with Crippen LogP contribution in [0.3, 0.4) is 0 Å². The average molecular weight is 385 g/mol. The lowest BCUT2D eigenvalue weighted by Gasteiger charge is -2.37. The van der Waals surface area contributed by atoms with Gasteiger partial charge in [0.2, 0.25) is 0 Å². The zero-order chi connectivity index (χ0) is 18.3. The van der Waals surface area contributed by atoms with Crippen LogP contribution in [0.4, 0.5) is 0 Å². The first-order valence-electron chi connectivity index (χ1n) is 9.04. The molecular formula is C20H33ClN2O3. The van der Waals surface area contributed by atoms with Gasteiger partial charge in [0.05, 0.1) is 6.61 Å². The number of halogens is 1. The van der Waals surface area contributed by atoms with E-state index in [9.17, 15) is 4.79 Å². The normalized spacial score (nSPS) is 16.5. The van der Waals surface area contributed by atoms with Gasteiger partial charge in [0.1, 0.15) is 5.75 Å². The Morgan fingerprint density at radius 2 is 1.81 bits per heavy atom. The van der Waals surface area contributed by atoms with Crippen molar-refractivity contribution >= 4 is 18.3 Å². The van der Waals surface area contributed by atoms with Crippen molar-refractivity contribution in [2.75, 3.05) is 40.0 Å². The molecule has 148 valence electrons. The third-order valence-corrected chi connectivity index (χ3v) is 4.87. The first kappa shape index (κ1) is 22.7. The quantitative estimate of drug-likeness (QED) is 0.758. The minimum absolute atomic E-state index is 0. The van der Waals surface area contributed by atoms with Crippen molar-refractivity contribution < 1.29 is 14.3 Å². The molecule has 6 heteroatoms. The monoisotopic (exact) mass is 384 g/mol. The maximum absolute atomic E-state index is 12.1. The van der Waals surface area contributed by atoms with Gasteiger partial charge in [-0.05, 0) is 49.0 Å². The maximum Gasteiger partial charge on any atom is 0.257 e. The summed E-state index contributed by atoms with van der Waals surface area (Å²) in [5, 5.41) is 6.37. The topological polar surface area (TPSA) is 59.6 Å². The number of nitrogens with one attached hydrogen (secondary N) is 2. The van der Waals surface area contributed by atoms with Gasteiger partial charge in [0.25, 0.3) is 5.91 Å². The second-order valence-corrected chi connectivity index (χ2v) is 8.02. The number of ether oxygens (including phenoxy) is 2. The summed E-state index contributed by atoms with van der Waals surface area (Å²) in [7, 11) is 1.72. The lowest BCUT2D eigenvalue weighted by atomic mass is 9.79. The van der Waals surface area contributed by atoms with E-state index in [2.05, 4.69) is 43.5 Å². The number of methoxy groups -OCH3 is 1. The summed E-state index contributed by atoms with van der Waals surface area (Å²) >= 11 is 0. The van der Waals surface area contributed by atoms with E-state index in [0.717, 1.165) is 31.7 Å². The molecule has 0 bridgehead atoms. The van der Waals surface area contributed by atoms with Gasteiger partial charge < -0.3 is 20.1 Å². The molecule has 0 atom stereocenters. The van der Waals surface area contributed by atoms with E-state index in [1.165, 1.54) is 5.56 Å². The smallest absolute Gasteiger partial charge is 0.257 e. The van der Waals surface area contributed by atoms with Crippen LogP contribution in [-0.4, -0.2) is 45.9 Å². The first-order chi connectivity index (χ1) is 11.8. The molecule has 1 amide bonds. The predicted octanol–water partition coefficient (Wildman–Crippen LogP) is 2.92. The van der Waals surface area contributed by atoms with Crippen LogP contribution < -0.4 is 15.4 Å². The Balaban J connectivity index is 0.00000338. The van der Waals surface area contributed by atoms with E-state index >= 15 is 0 Å². The summed E-state index contributed by atoms with van der Waals surface area (Å²) in [5.41, 5.74) is 1.39. The fourth-order valence-electron chi connectivity index (χ4n) is 3.17. The van der Waals surface area contributed by atoms with Gasteiger partial charge in [0.15, 0.2) is 6.61 Å². The fraction of sp³-hybridized carbons (Fsp3) is 0.650. The molecule has 1 fully saturated rings. The highest BCUT2D eigenvalue weighted by Gasteiger charge is 2.32. The lowest BCUT2D eigenvalue weighted by molar-refractivity contribution is -0.124. The van der Waals surface area contributed by atoms with Gasteiger partial charge in [-0.3, -0.25) is 4.79 Å². The van der Waals surface area contributed by atoms with Crippen molar-refractivity contribution in [3.8, 4) is 5.75 Å². The molecule has 1 saturated heterocycles. The molecule has 0 aromatic heterocycles. The van der Waals surface area contributed by atoms with E-state index in [4.69, 9.17) is 9.47 Å². The van der Waals surface area contributed by atoms with Crippen molar-refractivity contribution in [2.24, 2.45) is 5.41 Å². The van der Waals surface area contributed by atoms with Crippen LogP contribution in [0.25, 0.3) is 0 Å². The number of carbonyl (C=O) groups excluding carboxylic acids is 1. The summed E-state index contributed by atoms with van der Waals surface area (Å²) in [6.45, 7) is 9.80. The molecule has 0 aliphatic carbocycles. The van der Waals surface area contributed by atoms with E-state index in [0.29, 0.717) is 13.2 Å². The summed E-state index contributed by atoms with van der Waals surface area (Å²) in [6.07, 6.45) is 2.02. The summed E-state index contributed by atoms with van der Waals surface area (Å²) in [5.74, 6) is 0.630. The number of hydrogen-bond acceptors (Lipinski definition) is 4. The molecule has 0 saturated carbocycles. The maximum atomic E-state index is 12.1. The van der Waals surface area contributed by atoms with E-state index in [1.54, 1.807) is 7.11 Å². The van der Waals surface area contributed by atoms with Gasteiger partial charge in [-0.25, -0.2) is 0 Å². The van der Waals surface area contributed by atoms with Crippen LogP contribution in [-0.2, 0) is 14.9 Å². The Morgan fingerprint density at radius 3 is 2.35 bits per heavy atom. The van der Waals surface area contributed by atoms with Crippen molar-refractivity contribution in [1.82, 2.24) is 10.6 Å². The zero-order valence-electron chi connectivity index (χ0n) is 16.4. The number of benzene rings is 1. The molecule has 5 nitrogen and oxygen atoms in total. The molecule has 26 heavy (non-hydrogen) atoms. The first-order valence-corrected chi connectivity index (χ1v) is 9.04. The average Bonchev–Trinajstić information content (AvgIpc) is 2.59. The van der Waals surface area contributed by atoms with Gasteiger partial charge in [-0.1, -0.05) is 32.9 Å². The highest BCUT2D eigenvalue weighted by Crippen LogP contribution is 2.28. The number of carbonyl (C=O) groups is 1. The highest BCUT2D eigenvalue weighted by atomic mass is 35.5. The second-order valence-electron chi connectivity index (χ2n) is 8.02. The Labute approximate surface area is 163 Å². The summed E-state index contributed by atoms with van der Waals surface area (Å²) in [6, 6.07) is 7.95. The van der Waals surface area contributed by atoms with E-state index < -0.39 is 0 Å². The van der Waals surface area contributed by atoms with Crippen LogP contribution >= 0.6 is 12.4 Å². The number of hydrogen-bond donors (Lipinski definition) is 2. The Bertz CT molecular complexity index is 544. The predicted molar refractivity (Wildman–Crippen MR) is 107 cm³/mol. The third kappa shape index (κ3) is 6.78. The highest BCUT2D eigenvalue weighted by molar-refractivity contribution is 5.85. The van der Waals surface area contributed by atoms with Crippen LogP contribution in [0.5, 0.6) is 5.75 Å². The van der Waals surface area contributed by atoms with Crippen LogP contribution in [0.1, 0.15) is 39.2 Å². The fourth-order valence-corrected chi connectivity index (χ4v) is 3.17. The minimum atomic E-state index is -0.0890. The van der Waals surface area contributed by atoms with Crippen LogP contribution in [0.15, 0.2) is 24.3 Å². The molecule has 0 spiro atoms. The molecule has 1 aromatic carbocycles. The SMILES string of the molecule is COCC1(CNC(=O)COc2ccc(C(C)(C)C)cc2)CCNCC1.Cl. The second kappa shape index (κ2) is 10.1. The van der Waals surface area contributed by atoms with Crippen molar-refractivity contribution in [1.29, 1.82) is 0 Å². The van der Waals surface area contributed by atoms with Crippen LogP contribution in [0, 0.1) is 5.41 Å². The Kier molecular flexibility index (Phi) is 8.87. The summed E-state index contributed by atoms with van der Waals surface area (Å²) in [4.78, 5) is 12.1. The number of rotatable bonds is 7. The Morgan fingerprint density at radius 1 is 1.19 bits per heavy atom. The molecular weight excluding hydrogens is 352 g/mol. The molecule has 1 aliphatic heterocycles. The molecule has 1 heterocycles. The van der Waals surface area contributed by atoms with Gasteiger partial charge >= 0.3 is 0 Å². The van der Waals surface area contributed by atoms with Gasteiger partial charge in [-0.15, -0.1) is 12.4 Å². The van der Waals surface area contributed by atoms with E-state index in [1.807, 2.05) is 12.1 Å². The standard InChI is InChI=1S/C20H32N2O3.ClH/c1-19(2,3)16-5-7-17(8-6-16)25-13-18(23)22-14-20(15-24-4)9-11-21-12-10-20;/h5-8,21H,9-15H2,1-4H3,(H,22,23);1H.